The van der Waals surface area contributed by atoms with Crippen molar-refractivity contribution in [3.63, 3.8) is 0 Å². The summed E-state index contributed by atoms with van der Waals surface area (Å²) in [6, 6.07) is 8.39. The van der Waals surface area contributed by atoms with Gasteiger partial charge in [-0.1, -0.05) is 12.1 Å². The Balaban J connectivity index is 1.35. The fraction of sp³-hybridized carbons (Fsp3) is 0.684. The molecule has 0 aliphatic carbocycles. The van der Waals surface area contributed by atoms with E-state index in [4.69, 9.17) is 9.47 Å². The van der Waals surface area contributed by atoms with Crippen molar-refractivity contribution in [3.8, 4) is 5.75 Å². The van der Waals surface area contributed by atoms with Crippen molar-refractivity contribution in [1.29, 1.82) is 0 Å². The van der Waals surface area contributed by atoms with E-state index in [9.17, 15) is 5.11 Å². The Morgan fingerprint density at radius 1 is 1.08 bits per heavy atom. The number of hydrogen-bond donors (Lipinski definition) is 1. The number of ether oxygens (including phenoxy) is 2. The first kappa shape index (κ1) is 17.7. The molecule has 0 saturated carbocycles. The van der Waals surface area contributed by atoms with E-state index < -0.39 is 0 Å². The maximum Gasteiger partial charge on any atom is 0.119 e. The predicted octanol–water partition coefficient (Wildman–Crippen LogP) is 1.74. The van der Waals surface area contributed by atoms with E-state index in [-0.39, 0.29) is 6.10 Å². The summed E-state index contributed by atoms with van der Waals surface area (Å²) in [4.78, 5) is 4.76. The zero-order chi connectivity index (χ0) is 16.6. The number of piperidine rings is 1. The highest BCUT2D eigenvalue weighted by atomic mass is 16.5. The van der Waals surface area contributed by atoms with Gasteiger partial charge in [0.25, 0.3) is 0 Å². The zero-order valence-electron chi connectivity index (χ0n) is 14.5. The molecule has 1 aromatic carbocycles. The van der Waals surface area contributed by atoms with Crippen LogP contribution < -0.4 is 4.74 Å². The van der Waals surface area contributed by atoms with Crippen molar-refractivity contribution in [1.82, 2.24) is 9.80 Å². The average molecular weight is 334 g/mol. The van der Waals surface area contributed by atoms with Crippen molar-refractivity contribution >= 4 is 0 Å². The molecule has 24 heavy (non-hydrogen) atoms. The Morgan fingerprint density at radius 2 is 1.88 bits per heavy atom. The molecular formula is C19H30N2O3. The molecule has 1 atom stereocenters. The second-order valence-electron chi connectivity index (χ2n) is 6.83. The summed E-state index contributed by atoms with van der Waals surface area (Å²) in [6.45, 7) is 8.42. The fourth-order valence-electron chi connectivity index (χ4n) is 3.43. The van der Waals surface area contributed by atoms with Gasteiger partial charge in [-0.15, -0.1) is 0 Å². The van der Waals surface area contributed by atoms with Gasteiger partial charge < -0.3 is 14.6 Å². The predicted molar refractivity (Wildman–Crippen MR) is 94.3 cm³/mol. The highest BCUT2D eigenvalue weighted by Crippen LogP contribution is 2.17. The monoisotopic (exact) mass is 334 g/mol. The minimum atomic E-state index is -0.159. The molecule has 2 aliphatic heterocycles. The van der Waals surface area contributed by atoms with Crippen molar-refractivity contribution in [3.05, 3.63) is 29.8 Å². The van der Waals surface area contributed by atoms with Crippen molar-refractivity contribution in [2.45, 2.75) is 31.9 Å². The molecule has 1 aromatic rings. The largest absolute Gasteiger partial charge is 0.494 e. The van der Waals surface area contributed by atoms with E-state index in [1.54, 1.807) is 0 Å². The first-order valence-electron chi connectivity index (χ1n) is 9.22. The number of rotatable bonds is 7. The zero-order valence-corrected chi connectivity index (χ0v) is 14.5. The molecule has 2 aliphatic rings. The first-order valence-corrected chi connectivity index (χ1v) is 9.22. The van der Waals surface area contributed by atoms with Crippen molar-refractivity contribution in [2.75, 3.05) is 52.5 Å². The summed E-state index contributed by atoms with van der Waals surface area (Å²) < 4.78 is 11.2. The van der Waals surface area contributed by atoms with Crippen molar-refractivity contribution < 1.29 is 14.6 Å². The Kier molecular flexibility index (Phi) is 6.90. The van der Waals surface area contributed by atoms with Gasteiger partial charge in [0, 0.05) is 32.7 Å². The molecule has 5 nitrogen and oxygen atoms in total. The van der Waals surface area contributed by atoms with Crippen LogP contribution in [0, 0.1) is 0 Å². The van der Waals surface area contributed by atoms with Crippen LogP contribution in [0.2, 0.25) is 0 Å². The molecule has 1 unspecified atom stereocenters. The molecule has 5 heteroatoms. The molecule has 2 saturated heterocycles. The Hall–Kier alpha value is -1.14. The van der Waals surface area contributed by atoms with Crippen LogP contribution >= 0.6 is 0 Å². The van der Waals surface area contributed by atoms with Crippen LogP contribution in [0.15, 0.2) is 24.3 Å². The Morgan fingerprint density at radius 3 is 2.62 bits per heavy atom. The standard InChI is InChI=1S/C19H30N2O3/c22-18-3-1-8-21(16-18)15-17-4-6-19(7-5-17)24-12-2-9-20-10-13-23-14-11-20/h4-7,18,22H,1-3,8-16H2. The van der Waals surface area contributed by atoms with Gasteiger partial charge in [-0.05, 0) is 43.5 Å². The topological polar surface area (TPSA) is 45.2 Å². The van der Waals surface area contributed by atoms with Crippen LogP contribution in [0.3, 0.4) is 0 Å². The third-order valence-corrected chi connectivity index (χ3v) is 4.80. The third kappa shape index (κ3) is 5.74. The lowest BCUT2D eigenvalue weighted by atomic mass is 10.1. The van der Waals surface area contributed by atoms with Gasteiger partial charge in [0.15, 0.2) is 0 Å². The minimum Gasteiger partial charge on any atom is -0.494 e. The third-order valence-electron chi connectivity index (χ3n) is 4.80. The van der Waals surface area contributed by atoms with E-state index in [0.29, 0.717) is 0 Å². The second kappa shape index (κ2) is 9.37. The minimum absolute atomic E-state index is 0.159. The van der Waals surface area contributed by atoms with Crippen molar-refractivity contribution in [2.24, 2.45) is 0 Å². The van der Waals surface area contributed by atoms with E-state index in [2.05, 4.69) is 34.1 Å². The van der Waals surface area contributed by atoms with Gasteiger partial charge >= 0.3 is 0 Å². The first-order chi connectivity index (χ1) is 11.8. The lowest BCUT2D eigenvalue weighted by Gasteiger charge is -2.29. The molecule has 134 valence electrons. The van der Waals surface area contributed by atoms with E-state index in [1.807, 2.05) is 0 Å². The molecular weight excluding hydrogens is 304 g/mol. The number of morpholine rings is 1. The Labute approximate surface area is 145 Å². The molecule has 3 rings (SSSR count). The second-order valence-corrected chi connectivity index (χ2v) is 6.83. The van der Waals surface area contributed by atoms with Crippen LogP contribution in [0.25, 0.3) is 0 Å². The number of aliphatic hydroxyl groups is 1. The molecule has 0 aromatic heterocycles. The SMILES string of the molecule is OC1CCCN(Cc2ccc(OCCCN3CCOCC3)cc2)C1. The van der Waals surface area contributed by atoms with E-state index in [0.717, 1.165) is 84.1 Å². The molecule has 0 bridgehead atoms. The highest BCUT2D eigenvalue weighted by Gasteiger charge is 2.17. The maximum atomic E-state index is 9.74. The number of hydrogen-bond acceptors (Lipinski definition) is 5. The van der Waals surface area contributed by atoms with Gasteiger partial charge in [0.05, 0.1) is 25.9 Å². The van der Waals surface area contributed by atoms with E-state index in [1.165, 1.54) is 5.56 Å². The quantitative estimate of drug-likeness (QED) is 0.770. The molecule has 2 fully saturated rings. The number of β-amino-alcohol motifs (C(OH)–C–C–N with tert-alkyl or cyclic N) is 1. The van der Waals surface area contributed by atoms with Crippen LogP contribution in [0.5, 0.6) is 5.75 Å². The van der Waals surface area contributed by atoms with E-state index >= 15 is 0 Å². The smallest absolute Gasteiger partial charge is 0.119 e. The Bertz CT molecular complexity index is 474. The normalized spacial score (nSPS) is 23.3. The number of aliphatic hydroxyl groups excluding tert-OH is 1. The molecule has 0 radical (unpaired) electrons. The lowest BCUT2D eigenvalue weighted by Crippen LogP contribution is -2.37. The molecule has 0 spiro atoms. The van der Waals surface area contributed by atoms with Gasteiger partial charge in [-0.25, -0.2) is 0 Å². The van der Waals surface area contributed by atoms with Crippen LogP contribution in [-0.2, 0) is 11.3 Å². The van der Waals surface area contributed by atoms with Gasteiger partial charge in [-0.2, -0.15) is 0 Å². The van der Waals surface area contributed by atoms with Crippen LogP contribution in [0.4, 0.5) is 0 Å². The summed E-state index contributed by atoms with van der Waals surface area (Å²) >= 11 is 0. The average Bonchev–Trinajstić information content (AvgIpc) is 2.61. The van der Waals surface area contributed by atoms with Gasteiger partial charge in [0.2, 0.25) is 0 Å². The summed E-state index contributed by atoms with van der Waals surface area (Å²) in [5.41, 5.74) is 1.28. The highest BCUT2D eigenvalue weighted by molar-refractivity contribution is 5.27. The summed E-state index contributed by atoms with van der Waals surface area (Å²) in [7, 11) is 0. The number of benzene rings is 1. The fourth-order valence-corrected chi connectivity index (χ4v) is 3.43. The van der Waals surface area contributed by atoms with Crippen LogP contribution in [0.1, 0.15) is 24.8 Å². The summed E-state index contributed by atoms with van der Waals surface area (Å²) in [5.74, 6) is 0.944. The number of nitrogens with zero attached hydrogens (tertiary/aromatic N) is 2. The van der Waals surface area contributed by atoms with Gasteiger partial charge in [0.1, 0.15) is 5.75 Å². The summed E-state index contributed by atoms with van der Waals surface area (Å²) in [5, 5.41) is 9.74. The number of likely N-dealkylation sites (tertiary alicyclic amines) is 1. The molecule has 1 N–H and O–H groups in total. The molecule has 0 amide bonds. The maximum absolute atomic E-state index is 9.74. The lowest BCUT2D eigenvalue weighted by molar-refractivity contribution is 0.0358. The van der Waals surface area contributed by atoms with Crippen LogP contribution in [-0.4, -0.2) is 73.6 Å². The summed E-state index contributed by atoms with van der Waals surface area (Å²) in [6.07, 6.45) is 2.92. The molecule has 2 heterocycles. The van der Waals surface area contributed by atoms with Gasteiger partial charge in [-0.3, -0.25) is 9.80 Å².